The monoisotopic (exact) mass is 1040 g/mol. The number of alkyl halides is 2. The molecule has 0 aromatic carbocycles. The van der Waals surface area contributed by atoms with E-state index in [0.717, 1.165) is 103 Å². The van der Waals surface area contributed by atoms with Crippen molar-refractivity contribution >= 4 is 11.6 Å². The maximum atomic E-state index is 15.8. The van der Waals surface area contributed by atoms with Gasteiger partial charge in [0, 0.05) is 26.4 Å². The quantitative estimate of drug-likeness (QED) is 0.0574. The fraction of sp³-hybridized carbons (Fsp3) is 0.970. The highest BCUT2D eigenvalue weighted by Gasteiger charge is 2.73. The second-order valence-electron chi connectivity index (χ2n) is 25.5. The average Bonchev–Trinajstić information content (AvgIpc) is 3.44. The molecule has 6 fully saturated rings. The molecule has 6 rings (SSSR count). The maximum absolute atomic E-state index is 15.8. The molecule has 432 valence electrons. The van der Waals surface area contributed by atoms with Crippen molar-refractivity contribution in [1.29, 1.82) is 0 Å². The zero-order valence-electron chi connectivity index (χ0n) is 49.0. The SMILES string of the molecule is CCCCCCCCCCOC1CCC2(CC1)C(=O)[C@]1(CC[C@@H](OCCCCCCCCCC)CC1)[C@H]2F.CCCCCCCCCOC1CC[C@]2(CC1)C(=O)[C@@]1(CCC(OCCCCCCCCC)CC1)C2F. The lowest BCUT2D eigenvalue weighted by atomic mass is 9.42. The third-order valence-electron chi connectivity index (χ3n) is 20.0. The smallest absolute Gasteiger partial charge is 0.151 e. The second-order valence-corrected chi connectivity index (χ2v) is 25.5. The van der Waals surface area contributed by atoms with Crippen LogP contribution in [0.25, 0.3) is 0 Å². The summed E-state index contributed by atoms with van der Waals surface area (Å²) in [5.74, 6) is 0.499. The normalized spacial score (nSPS) is 31.8. The number of hydrogen-bond acceptors (Lipinski definition) is 6. The highest BCUT2D eigenvalue weighted by Crippen LogP contribution is 2.66. The first kappa shape index (κ1) is 63.9. The van der Waals surface area contributed by atoms with E-state index in [4.69, 9.17) is 18.9 Å². The summed E-state index contributed by atoms with van der Waals surface area (Å²) in [6.07, 6.45) is 50.3. The van der Waals surface area contributed by atoms with E-state index in [2.05, 4.69) is 27.7 Å². The molecule has 0 heterocycles. The van der Waals surface area contributed by atoms with E-state index in [1.807, 2.05) is 0 Å². The summed E-state index contributed by atoms with van der Waals surface area (Å²) in [4.78, 5) is 26.9. The number of unbranched alkanes of at least 4 members (excludes halogenated alkanes) is 26. The lowest BCUT2D eigenvalue weighted by Gasteiger charge is -2.61. The first-order valence-electron chi connectivity index (χ1n) is 33.0. The van der Waals surface area contributed by atoms with E-state index in [-0.39, 0.29) is 36.0 Å². The van der Waals surface area contributed by atoms with Gasteiger partial charge in [-0.05, 0) is 128 Å². The Morgan fingerprint density at radius 2 is 0.459 bits per heavy atom. The second kappa shape index (κ2) is 35.6. The average molecular weight is 1050 g/mol. The van der Waals surface area contributed by atoms with Crippen LogP contribution in [0, 0.1) is 21.7 Å². The van der Waals surface area contributed by atoms with Crippen LogP contribution in [0.4, 0.5) is 8.78 Å². The van der Waals surface area contributed by atoms with Crippen LogP contribution in [0.5, 0.6) is 0 Å². The molecule has 0 aromatic rings. The predicted octanol–water partition coefficient (Wildman–Crippen LogP) is 19.4. The Morgan fingerprint density at radius 1 is 0.297 bits per heavy atom. The van der Waals surface area contributed by atoms with Crippen molar-refractivity contribution < 1.29 is 37.3 Å². The van der Waals surface area contributed by atoms with Gasteiger partial charge in [-0.1, -0.05) is 195 Å². The Labute approximate surface area is 455 Å². The summed E-state index contributed by atoms with van der Waals surface area (Å²) in [5.41, 5.74) is -2.76. The van der Waals surface area contributed by atoms with Crippen LogP contribution in [0.1, 0.15) is 323 Å². The van der Waals surface area contributed by atoms with Crippen LogP contribution in [0.3, 0.4) is 0 Å². The molecule has 4 spiro atoms. The predicted molar refractivity (Wildman–Crippen MR) is 304 cm³/mol. The maximum Gasteiger partial charge on any atom is 0.151 e. The van der Waals surface area contributed by atoms with Gasteiger partial charge in [-0.3, -0.25) is 9.59 Å². The third-order valence-corrected chi connectivity index (χ3v) is 20.0. The summed E-state index contributed by atoms with van der Waals surface area (Å²) in [7, 11) is 0. The summed E-state index contributed by atoms with van der Waals surface area (Å²) in [6.45, 7) is 12.3. The van der Waals surface area contributed by atoms with Crippen LogP contribution >= 0.6 is 0 Å². The van der Waals surface area contributed by atoms with Gasteiger partial charge in [0.15, 0.2) is 11.6 Å². The number of rotatable bonds is 38. The van der Waals surface area contributed by atoms with Gasteiger partial charge in [0.1, 0.15) is 12.3 Å². The molecule has 6 aliphatic carbocycles. The molecule has 0 bridgehead atoms. The van der Waals surface area contributed by atoms with Crippen molar-refractivity contribution in [3.63, 3.8) is 0 Å². The molecule has 6 aliphatic rings. The zero-order valence-corrected chi connectivity index (χ0v) is 49.0. The fourth-order valence-corrected chi connectivity index (χ4v) is 15.0. The van der Waals surface area contributed by atoms with E-state index >= 15 is 8.78 Å². The Bertz CT molecular complexity index is 1350. The highest BCUT2D eigenvalue weighted by molar-refractivity contribution is 5.99. The molecule has 0 aromatic heterocycles. The van der Waals surface area contributed by atoms with Gasteiger partial charge in [0.25, 0.3) is 0 Å². The summed E-state index contributed by atoms with van der Waals surface area (Å²) >= 11 is 0. The van der Waals surface area contributed by atoms with Crippen molar-refractivity contribution in [1.82, 2.24) is 0 Å². The number of Topliss-reactive ketones (excluding diaryl/α,β-unsaturated/α-hetero) is 2. The number of hydrogen-bond donors (Lipinski definition) is 0. The third kappa shape index (κ3) is 18.6. The lowest BCUT2D eigenvalue weighted by Crippen LogP contribution is -2.69. The molecule has 0 N–H and O–H groups in total. The van der Waals surface area contributed by atoms with E-state index in [1.165, 1.54) is 167 Å². The minimum absolute atomic E-state index is 0.224. The van der Waals surface area contributed by atoms with Crippen LogP contribution in [0.15, 0.2) is 0 Å². The highest BCUT2D eigenvalue weighted by atomic mass is 19.1. The van der Waals surface area contributed by atoms with Gasteiger partial charge in [-0.15, -0.1) is 0 Å². The standard InChI is InChI=1S/C34H61FO3.C32H57FO3/c1-3-5-7-9-11-13-15-17-27-37-29-19-23-33(24-20-29)31(35)34(32(33)36)25-21-30(22-26-34)38-28-18-16-14-12-10-8-6-4-2;1-3-5-7-9-11-13-15-25-35-27-17-21-31(22-18-27)29(33)32(30(31)34)23-19-28(20-24-32)36-26-16-14-12-10-8-6-4-2/h29-31H,3-28H2,1-2H3;27-29H,3-26H2,1-2H3/t29-,30?,31?,33+,34?;27?,28?,29?,31-,32-. The van der Waals surface area contributed by atoms with Crippen LogP contribution in [-0.4, -0.2) is 74.8 Å². The van der Waals surface area contributed by atoms with Crippen molar-refractivity contribution in [2.45, 2.75) is 360 Å². The molecule has 0 radical (unpaired) electrons. The number of carbonyl (C=O) groups excluding carboxylic acids is 2. The number of carbonyl (C=O) groups is 2. The summed E-state index contributed by atoms with van der Waals surface area (Å²) < 4.78 is 56.1. The minimum atomic E-state index is -0.954. The first-order chi connectivity index (χ1) is 36.2. The Kier molecular flexibility index (Phi) is 30.7. The van der Waals surface area contributed by atoms with Crippen molar-refractivity contribution in [2.75, 3.05) is 26.4 Å². The van der Waals surface area contributed by atoms with Crippen molar-refractivity contribution in [3.8, 4) is 0 Å². The molecule has 0 atom stereocenters. The Balaban J connectivity index is 0.000000274. The van der Waals surface area contributed by atoms with Crippen LogP contribution in [0.2, 0.25) is 0 Å². The van der Waals surface area contributed by atoms with Gasteiger partial charge < -0.3 is 18.9 Å². The summed E-state index contributed by atoms with van der Waals surface area (Å²) in [5, 5.41) is 0. The van der Waals surface area contributed by atoms with E-state index < -0.39 is 34.0 Å². The molecule has 0 unspecified atom stereocenters. The Morgan fingerprint density at radius 3 is 0.622 bits per heavy atom. The van der Waals surface area contributed by atoms with Crippen molar-refractivity contribution in [3.05, 3.63) is 0 Å². The zero-order chi connectivity index (χ0) is 52.8. The number of ketones is 2. The van der Waals surface area contributed by atoms with Gasteiger partial charge in [-0.2, -0.15) is 0 Å². The number of ether oxygens (including phenoxy) is 4. The first-order valence-corrected chi connectivity index (χ1v) is 33.0. The molecule has 8 heteroatoms. The largest absolute Gasteiger partial charge is 0.378 e. The van der Waals surface area contributed by atoms with Crippen LogP contribution < -0.4 is 0 Å². The molecular formula is C66H118F2O6. The molecule has 6 nitrogen and oxygen atoms in total. The molecular weight excluding hydrogens is 927 g/mol. The lowest BCUT2D eigenvalue weighted by molar-refractivity contribution is -0.198. The summed E-state index contributed by atoms with van der Waals surface area (Å²) in [6, 6.07) is 0. The van der Waals surface area contributed by atoms with Gasteiger partial charge in [-0.25, -0.2) is 8.78 Å². The molecule has 6 saturated carbocycles. The van der Waals surface area contributed by atoms with Gasteiger partial charge >= 0.3 is 0 Å². The Hall–Kier alpha value is -0.960. The minimum Gasteiger partial charge on any atom is -0.378 e. The molecule has 74 heavy (non-hydrogen) atoms. The van der Waals surface area contributed by atoms with Crippen molar-refractivity contribution in [2.24, 2.45) is 21.7 Å². The van der Waals surface area contributed by atoms with E-state index in [9.17, 15) is 9.59 Å². The fourth-order valence-electron chi connectivity index (χ4n) is 15.0. The van der Waals surface area contributed by atoms with Crippen LogP contribution in [-0.2, 0) is 28.5 Å². The topological polar surface area (TPSA) is 71.1 Å². The van der Waals surface area contributed by atoms with E-state index in [0.29, 0.717) is 51.4 Å². The van der Waals surface area contributed by atoms with Gasteiger partial charge in [0.2, 0.25) is 0 Å². The number of halogens is 2. The molecule has 0 aliphatic heterocycles. The van der Waals surface area contributed by atoms with Gasteiger partial charge in [0.05, 0.1) is 46.1 Å². The molecule has 0 saturated heterocycles. The van der Waals surface area contributed by atoms with E-state index in [1.54, 1.807) is 0 Å². The molecule has 0 amide bonds.